The van der Waals surface area contributed by atoms with Crippen LogP contribution >= 0.6 is 15.9 Å². The molecule has 2 fully saturated rings. The fourth-order valence-electron chi connectivity index (χ4n) is 3.90. The molecule has 1 aromatic heterocycles. The lowest BCUT2D eigenvalue weighted by Gasteiger charge is -2.34. The number of amides is 2. The fraction of sp³-hybridized carbons (Fsp3) is 0.421. The van der Waals surface area contributed by atoms with E-state index >= 15 is 0 Å². The van der Waals surface area contributed by atoms with Gasteiger partial charge in [-0.25, -0.2) is 4.98 Å². The maximum absolute atomic E-state index is 12.9. The molecular weight excluding hydrogens is 396 g/mol. The number of anilines is 1. The molecule has 2 saturated heterocycles. The van der Waals surface area contributed by atoms with Gasteiger partial charge in [-0.1, -0.05) is 12.1 Å². The largest absolute Gasteiger partial charge is 0.342 e. The number of likely N-dealkylation sites (tertiary alicyclic amines) is 1. The molecule has 3 heterocycles. The van der Waals surface area contributed by atoms with Crippen LogP contribution in [0.4, 0.5) is 5.69 Å². The Bertz CT molecular complexity index is 800. The van der Waals surface area contributed by atoms with Crippen LogP contribution in [0.2, 0.25) is 0 Å². The van der Waals surface area contributed by atoms with E-state index in [9.17, 15) is 9.59 Å². The lowest BCUT2D eigenvalue weighted by molar-refractivity contribution is -0.137. The Kier molecular flexibility index (Phi) is 4.80. The van der Waals surface area contributed by atoms with Gasteiger partial charge in [0.2, 0.25) is 11.8 Å². The minimum atomic E-state index is -0.251. The van der Waals surface area contributed by atoms with Gasteiger partial charge in [-0.3, -0.25) is 9.59 Å². The average Bonchev–Trinajstić information content (AvgIpc) is 3.32. The van der Waals surface area contributed by atoms with Gasteiger partial charge in [0.05, 0.1) is 17.9 Å². The molecule has 2 amide bonds. The minimum Gasteiger partial charge on any atom is -0.342 e. The zero-order chi connectivity index (χ0) is 18.1. The molecule has 0 aliphatic carbocycles. The second-order valence-electron chi connectivity index (χ2n) is 6.92. The van der Waals surface area contributed by atoms with Gasteiger partial charge in [0, 0.05) is 49.0 Å². The lowest BCUT2D eigenvalue weighted by Crippen LogP contribution is -2.42. The monoisotopic (exact) mass is 416 g/mol. The number of carbonyl (C=O) groups is 2. The smallest absolute Gasteiger partial charge is 0.228 e. The Morgan fingerprint density at radius 3 is 2.65 bits per heavy atom. The first-order valence-corrected chi connectivity index (χ1v) is 9.74. The van der Waals surface area contributed by atoms with Crippen molar-refractivity contribution in [3.8, 4) is 0 Å². The second-order valence-corrected chi connectivity index (χ2v) is 7.78. The first-order chi connectivity index (χ1) is 12.6. The molecule has 7 heteroatoms. The van der Waals surface area contributed by atoms with Gasteiger partial charge in [-0.2, -0.15) is 0 Å². The van der Waals surface area contributed by atoms with Gasteiger partial charge >= 0.3 is 0 Å². The molecule has 2 aliphatic rings. The number of nitrogens with zero attached hydrogens (tertiary/aromatic N) is 4. The highest BCUT2D eigenvalue weighted by atomic mass is 79.9. The number of hydrogen-bond donors (Lipinski definition) is 0. The van der Waals surface area contributed by atoms with Crippen molar-refractivity contribution in [2.75, 3.05) is 24.5 Å². The van der Waals surface area contributed by atoms with Crippen molar-refractivity contribution in [3.63, 3.8) is 0 Å². The van der Waals surface area contributed by atoms with Crippen LogP contribution in [0.15, 0.2) is 47.5 Å². The van der Waals surface area contributed by atoms with Gasteiger partial charge in [-0.05, 0) is 40.9 Å². The third-order valence-electron chi connectivity index (χ3n) is 5.34. The summed E-state index contributed by atoms with van der Waals surface area (Å²) in [5.74, 6) is -0.125. The second kappa shape index (κ2) is 7.23. The molecule has 2 aromatic rings. The van der Waals surface area contributed by atoms with Crippen LogP contribution in [0.25, 0.3) is 0 Å². The third kappa shape index (κ3) is 3.28. The number of rotatable bonds is 3. The lowest BCUT2D eigenvalue weighted by atomic mass is 10.0. The number of piperidine rings is 1. The topological polar surface area (TPSA) is 58.4 Å². The standard InChI is InChI=1S/C19H21BrN4O2/c20-16-3-1-2-4-17(16)24-12-14(11-18(24)25)19(26)22-8-5-15(6-9-22)23-10-7-21-13-23/h1-4,7,10,13-15H,5-6,8-9,11-12H2/t14-/m1/s1. The number of imidazole rings is 1. The van der Waals surface area contributed by atoms with E-state index in [1.807, 2.05) is 41.7 Å². The zero-order valence-electron chi connectivity index (χ0n) is 14.4. The van der Waals surface area contributed by atoms with Gasteiger partial charge in [0.1, 0.15) is 0 Å². The molecular formula is C19H21BrN4O2. The van der Waals surface area contributed by atoms with E-state index in [0.29, 0.717) is 19.0 Å². The maximum Gasteiger partial charge on any atom is 0.228 e. The first-order valence-electron chi connectivity index (χ1n) is 8.94. The van der Waals surface area contributed by atoms with E-state index in [0.717, 1.165) is 36.1 Å². The van der Waals surface area contributed by atoms with E-state index in [2.05, 4.69) is 25.5 Å². The van der Waals surface area contributed by atoms with Crippen LogP contribution in [0.3, 0.4) is 0 Å². The van der Waals surface area contributed by atoms with Crippen molar-refractivity contribution in [1.82, 2.24) is 14.5 Å². The molecule has 0 unspecified atom stereocenters. The molecule has 0 bridgehead atoms. The number of carbonyl (C=O) groups excluding carboxylic acids is 2. The van der Waals surface area contributed by atoms with Crippen molar-refractivity contribution in [2.45, 2.75) is 25.3 Å². The number of benzene rings is 1. The summed E-state index contributed by atoms with van der Waals surface area (Å²) in [7, 11) is 0. The van der Waals surface area contributed by atoms with Crippen molar-refractivity contribution < 1.29 is 9.59 Å². The van der Waals surface area contributed by atoms with E-state index in [4.69, 9.17) is 0 Å². The Morgan fingerprint density at radius 2 is 1.96 bits per heavy atom. The Labute approximate surface area is 160 Å². The molecule has 2 aliphatic heterocycles. The van der Waals surface area contributed by atoms with Crippen LogP contribution in [0.5, 0.6) is 0 Å². The van der Waals surface area contributed by atoms with Crippen LogP contribution in [0, 0.1) is 5.92 Å². The number of halogens is 1. The molecule has 136 valence electrons. The molecule has 26 heavy (non-hydrogen) atoms. The first kappa shape index (κ1) is 17.3. The van der Waals surface area contributed by atoms with Crippen molar-refractivity contribution >= 4 is 33.4 Å². The van der Waals surface area contributed by atoms with E-state index in [1.165, 1.54) is 0 Å². The van der Waals surface area contributed by atoms with Gasteiger partial charge in [-0.15, -0.1) is 0 Å². The summed E-state index contributed by atoms with van der Waals surface area (Å²) >= 11 is 3.50. The van der Waals surface area contributed by atoms with E-state index < -0.39 is 0 Å². The SMILES string of the molecule is O=C([C@@H]1CC(=O)N(c2ccccc2Br)C1)N1CCC(n2ccnc2)CC1. The van der Waals surface area contributed by atoms with Gasteiger partial charge < -0.3 is 14.4 Å². The zero-order valence-corrected chi connectivity index (χ0v) is 16.0. The summed E-state index contributed by atoms with van der Waals surface area (Å²) in [6.07, 6.45) is 7.76. The summed E-state index contributed by atoms with van der Waals surface area (Å²) in [5.41, 5.74) is 0.839. The average molecular weight is 417 g/mol. The number of para-hydroxylation sites is 1. The van der Waals surface area contributed by atoms with Crippen LogP contribution in [0.1, 0.15) is 25.3 Å². The van der Waals surface area contributed by atoms with Crippen molar-refractivity contribution in [2.24, 2.45) is 5.92 Å². The quantitative estimate of drug-likeness (QED) is 0.772. The molecule has 1 aromatic carbocycles. The Morgan fingerprint density at radius 1 is 1.19 bits per heavy atom. The van der Waals surface area contributed by atoms with Gasteiger partial charge in [0.25, 0.3) is 0 Å². The van der Waals surface area contributed by atoms with Crippen LogP contribution < -0.4 is 4.90 Å². The Hall–Kier alpha value is -2.15. The van der Waals surface area contributed by atoms with E-state index in [-0.39, 0.29) is 17.7 Å². The maximum atomic E-state index is 12.9. The Balaban J connectivity index is 1.39. The molecule has 0 spiro atoms. The molecule has 4 rings (SSSR count). The van der Waals surface area contributed by atoms with E-state index in [1.54, 1.807) is 11.1 Å². The van der Waals surface area contributed by atoms with Crippen molar-refractivity contribution in [3.05, 3.63) is 47.5 Å². The molecule has 0 N–H and O–H groups in total. The highest BCUT2D eigenvalue weighted by Crippen LogP contribution is 2.32. The van der Waals surface area contributed by atoms with Crippen LogP contribution in [-0.2, 0) is 9.59 Å². The number of hydrogen-bond acceptors (Lipinski definition) is 3. The molecule has 1 atom stereocenters. The summed E-state index contributed by atoms with van der Waals surface area (Å²) < 4.78 is 3.00. The summed E-state index contributed by atoms with van der Waals surface area (Å²) in [4.78, 5) is 33.1. The van der Waals surface area contributed by atoms with Crippen LogP contribution in [-0.4, -0.2) is 45.9 Å². The highest BCUT2D eigenvalue weighted by molar-refractivity contribution is 9.10. The third-order valence-corrected chi connectivity index (χ3v) is 6.01. The summed E-state index contributed by atoms with van der Waals surface area (Å²) in [6, 6.07) is 8.05. The van der Waals surface area contributed by atoms with Gasteiger partial charge in [0.15, 0.2) is 0 Å². The molecule has 6 nitrogen and oxygen atoms in total. The number of aromatic nitrogens is 2. The highest BCUT2D eigenvalue weighted by Gasteiger charge is 2.38. The summed E-state index contributed by atoms with van der Waals surface area (Å²) in [5, 5.41) is 0. The predicted molar refractivity (Wildman–Crippen MR) is 102 cm³/mol. The minimum absolute atomic E-state index is 0.0172. The van der Waals surface area contributed by atoms with Crippen molar-refractivity contribution in [1.29, 1.82) is 0 Å². The normalized spacial score (nSPS) is 21.4. The predicted octanol–water partition coefficient (Wildman–Crippen LogP) is 2.86. The molecule has 0 radical (unpaired) electrons. The summed E-state index contributed by atoms with van der Waals surface area (Å²) in [6.45, 7) is 1.94. The molecule has 0 saturated carbocycles. The fourth-order valence-corrected chi connectivity index (χ4v) is 4.40.